The highest BCUT2D eigenvalue weighted by Gasteiger charge is 1.89. The molecule has 16 heavy (non-hydrogen) atoms. The van der Waals surface area contributed by atoms with Crippen molar-refractivity contribution in [1.82, 2.24) is 15.1 Å². The summed E-state index contributed by atoms with van der Waals surface area (Å²) < 4.78 is 4.49. The number of aromatic nitrogens is 3. The summed E-state index contributed by atoms with van der Waals surface area (Å²) in [6.07, 6.45) is 1.15. The van der Waals surface area contributed by atoms with Crippen LogP contribution in [-0.2, 0) is 0 Å². The van der Waals surface area contributed by atoms with Crippen molar-refractivity contribution in [2.24, 2.45) is 0 Å². The van der Waals surface area contributed by atoms with Crippen molar-refractivity contribution in [3.05, 3.63) is 38.8 Å². The summed E-state index contributed by atoms with van der Waals surface area (Å²) in [6, 6.07) is 1.67. The van der Waals surface area contributed by atoms with Crippen LogP contribution in [0.5, 0.6) is 0 Å². The Labute approximate surface area is 89.3 Å². The molecule has 0 aliphatic rings. The molecule has 86 valence electrons. The molecule has 0 unspecified atom stereocenters. The van der Waals surface area contributed by atoms with Crippen LogP contribution in [0.25, 0.3) is 0 Å². The Hall–Kier alpha value is -2.51. The van der Waals surface area contributed by atoms with Gasteiger partial charge in [-0.15, -0.1) is 0 Å². The van der Waals surface area contributed by atoms with Crippen LogP contribution in [0.3, 0.4) is 0 Å². The number of nitrogens with two attached hydrogens (primary N) is 2. The van der Waals surface area contributed by atoms with Crippen molar-refractivity contribution < 1.29 is 4.52 Å². The topological polar surface area (TPSA) is 144 Å². The predicted molar refractivity (Wildman–Crippen MR) is 57.7 cm³/mol. The van der Waals surface area contributed by atoms with Gasteiger partial charge in [0, 0.05) is 12.3 Å². The fraction of sp³-hybridized carbons (Fsp3) is 0.125. The number of H-pyrrole nitrogens is 2. The van der Waals surface area contributed by atoms with Gasteiger partial charge in [0.1, 0.15) is 5.69 Å². The molecule has 8 heteroatoms. The zero-order chi connectivity index (χ0) is 12.1. The highest BCUT2D eigenvalue weighted by atomic mass is 16.5. The first-order chi connectivity index (χ1) is 7.49. The second kappa shape index (κ2) is 4.82. The molecule has 0 fully saturated rings. The number of rotatable bonds is 0. The maximum atomic E-state index is 10.4. The van der Waals surface area contributed by atoms with Gasteiger partial charge in [0.05, 0.1) is 5.69 Å². The van der Waals surface area contributed by atoms with Crippen molar-refractivity contribution in [2.45, 2.75) is 6.92 Å². The summed E-state index contributed by atoms with van der Waals surface area (Å²) in [7, 11) is 0. The molecular formula is C8H11N5O3. The van der Waals surface area contributed by atoms with Crippen LogP contribution in [0.2, 0.25) is 0 Å². The highest BCUT2D eigenvalue weighted by Crippen LogP contribution is 2.00. The fourth-order valence-corrected chi connectivity index (χ4v) is 0.803. The standard InChI is InChI=1S/C4H5N3O2.C4H6N2O/c5-2-1-6-4(9)7-3(2)8;1-3-2-4(5)7-6-3/h1H,5H2,(H2,6,7,8,9);2H,5H2,1H3. The van der Waals surface area contributed by atoms with Gasteiger partial charge in [0.25, 0.3) is 5.56 Å². The average Bonchev–Trinajstić information content (AvgIpc) is 2.58. The third-order valence-electron chi connectivity index (χ3n) is 1.49. The number of aromatic amines is 2. The minimum atomic E-state index is -0.557. The van der Waals surface area contributed by atoms with E-state index >= 15 is 0 Å². The smallest absolute Gasteiger partial charge is 0.325 e. The van der Waals surface area contributed by atoms with E-state index in [-0.39, 0.29) is 5.69 Å². The van der Waals surface area contributed by atoms with Crippen LogP contribution in [0.4, 0.5) is 11.6 Å². The Morgan fingerprint density at radius 2 is 2.06 bits per heavy atom. The van der Waals surface area contributed by atoms with Crippen molar-refractivity contribution >= 4 is 11.6 Å². The van der Waals surface area contributed by atoms with Gasteiger partial charge in [0.2, 0.25) is 5.88 Å². The van der Waals surface area contributed by atoms with Crippen LogP contribution in [0, 0.1) is 6.92 Å². The first-order valence-electron chi connectivity index (χ1n) is 4.25. The predicted octanol–water partition coefficient (Wildman–Crippen LogP) is -0.789. The molecule has 0 radical (unpaired) electrons. The fourth-order valence-electron chi connectivity index (χ4n) is 0.803. The summed E-state index contributed by atoms with van der Waals surface area (Å²) in [5, 5.41) is 3.52. The molecule has 2 aromatic rings. The van der Waals surface area contributed by atoms with Gasteiger partial charge >= 0.3 is 5.69 Å². The monoisotopic (exact) mass is 225 g/mol. The molecule has 0 spiro atoms. The first kappa shape index (κ1) is 11.6. The average molecular weight is 225 g/mol. The summed E-state index contributed by atoms with van der Waals surface area (Å²) in [5.74, 6) is 0.373. The lowest BCUT2D eigenvalue weighted by molar-refractivity contribution is 0.431. The van der Waals surface area contributed by atoms with Gasteiger partial charge in [-0.1, -0.05) is 5.16 Å². The number of nitrogens with zero attached hydrogens (tertiary/aromatic N) is 1. The van der Waals surface area contributed by atoms with Crippen LogP contribution < -0.4 is 22.7 Å². The summed E-state index contributed by atoms with van der Waals surface area (Å²) in [4.78, 5) is 24.9. The van der Waals surface area contributed by atoms with Crippen molar-refractivity contribution in [1.29, 1.82) is 0 Å². The SMILES string of the molecule is Cc1cc(N)on1.Nc1c[nH]c(=O)[nH]c1=O. The van der Waals surface area contributed by atoms with E-state index in [1.807, 2.05) is 11.9 Å². The Balaban J connectivity index is 0.000000165. The number of aryl methyl sites for hydroxylation is 1. The molecule has 0 saturated carbocycles. The van der Waals surface area contributed by atoms with Gasteiger partial charge in [-0.05, 0) is 6.92 Å². The molecule has 0 aromatic carbocycles. The Bertz CT molecular complexity index is 551. The maximum Gasteiger partial charge on any atom is 0.325 e. The first-order valence-corrected chi connectivity index (χ1v) is 4.25. The van der Waals surface area contributed by atoms with E-state index in [1.165, 1.54) is 0 Å². The van der Waals surface area contributed by atoms with Gasteiger partial charge in [-0.25, -0.2) is 4.79 Å². The highest BCUT2D eigenvalue weighted by molar-refractivity contribution is 5.29. The van der Waals surface area contributed by atoms with E-state index in [1.54, 1.807) is 6.07 Å². The van der Waals surface area contributed by atoms with E-state index in [2.05, 4.69) is 14.7 Å². The number of hydrogen-bond acceptors (Lipinski definition) is 6. The quantitative estimate of drug-likeness (QED) is 0.462. The molecule has 0 aliphatic heterocycles. The van der Waals surface area contributed by atoms with E-state index in [9.17, 15) is 9.59 Å². The van der Waals surface area contributed by atoms with E-state index in [0.29, 0.717) is 5.88 Å². The molecule has 8 nitrogen and oxygen atoms in total. The lowest BCUT2D eigenvalue weighted by Crippen LogP contribution is -2.23. The minimum Gasteiger partial charge on any atom is -0.393 e. The second-order valence-electron chi connectivity index (χ2n) is 2.90. The number of hydrogen-bond donors (Lipinski definition) is 4. The van der Waals surface area contributed by atoms with E-state index in [0.717, 1.165) is 11.9 Å². The summed E-state index contributed by atoms with van der Waals surface area (Å²) >= 11 is 0. The lowest BCUT2D eigenvalue weighted by atomic mass is 10.5. The molecule has 0 atom stereocenters. The summed E-state index contributed by atoms with van der Waals surface area (Å²) in [6.45, 7) is 1.82. The largest absolute Gasteiger partial charge is 0.393 e. The molecule has 6 N–H and O–H groups in total. The molecule has 0 amide bonds. The van der Waals surface area contributed by atoms with Crippen molar-refractivity contribution in [2.75, 3.05) is 11.5 Å². The van der Waals surface area contributed by atoms with Crippen LogP contribution >= 0.6 is 0 Å². The van der Waals surface area contributed by atoms with Crippen molar-refractivity contribution in [3.8, 4) is 0 Å². The molecule has 0 aliphatic carbocycles. The molecule has 0 saturated heterocycles. The Morgan fingerprint density at radius 3 is 2.38 bits per heavy atom. The van der Waals surface area contributed by atoms with E-state index < -0.39 is 11.2 Å². The zero-order valence-electron chi connectivity index (χ0n) is 8.48. The van der Waals surface area contributed by atoms with Crippen molar-refractivity contribution in [3.63, 3.8) is 0 Å². The molecule has 2 rings (SSSR count). The minimum absolute atomic E-state index is 0.00889. The van der Waals surface area contributed by atoms with Gasteiger partial charge in [-0.3, -0.25) is 9.78 Å². The molecule has 2 aromatic heterocycles. The van der Waals surface area contributed by atoms with Gasteiger partial charge in [-0.2, -0.15) is 0 Å². The molecular weight excluding hydrogens is 214 g/mol. The number of anilines is 2. The van der Waals surface area contributed by atoms with Crippen LogP contribution in [-0.4, -0.2) is 15.1 Å². The number of nitrogen functional groups attached to an aromatic ring is 2. The third kappa shape index (κ3) is 3.33. The van der Waals surface area contributed by atoms with E-state index in [4.69, 9.17) is 11.5 Å². The zero-order valence-corrected chi connectivity index (χ0v) is 8.48. The molecule has 0 bridgehead atoms. The second-order valence-corrected chi connectivity index (χ2v) is 2.90. The van der Waals surface area contributed by atoms with Gasteiger partial charge < -0.3 is 21.0 Å². The van der Waals surface area contributed by atoms with Gasteiger partial charge in [0.15, 0.2) is 0 Å². The maximum absolute atomic E-state index is 10.4. The lowest BCUT2D eigenvalue weighted by Gasteiger charge is -1.85. The van der Waals surface area contributed by atoms with Crippen LogP contribution in [0.15, 0.2) is 26.4 Å². The molecule has 2 heterocycles. The Morgan fingerprint density at radius 1 is 1.38 bits per heavy atom. The summed E-state index contributed by atoms with van der Waals surface area (Å²) in [5.41, 5.74) is 9.95. The third-order valence-corrected chi connectivity index (χ3v) is 1.49. The van der Waals surface area contributed by atoms with Crippen LogP contribution in [0.1, 0.15) is 5.69 Å². The Kier molecular flexibility index (Phi) is 3.49. The number of nitrogens with one attached hydrogen (secondary N) is 2. The normalized spacial score (nSPS) is 9.31.